The molecular weight excluding hydrogens is 424 g/mol. The van der Waals surface area contributed by atoms with Gasteiger partial charge in [-0.3, -0.25) is 4.79 Å². The van der Waals surface area contributed by atoms with Gasteiger partial charge in [-0.2, -0.15) is 4.31 Å². The molecule has 1 amide bonds. The predicted molar refractivity (Wildman–Crippen MR) is 103 cm³/mol. The molecule has 140 valence electrons. The monoisotopic (exact) mass is 448 g/mol. The van der Waals surface area contributed by atoms with E-state index in [2.05, 4.69) is 28.2 Å². The maximum absolute atomic E-state index is 12.6. The average Bonchev–Trinajstić information content (AvgIpc) is 3.04. The number of hydrogen-bond donors (Lipinski definition) is 1. The van der Waals surface area contributed by atoms with Gasteiger partial charge >= 0.3 is 0 Å². The van der Waals surface area contributed by atoms with E-state index in [1.54, 1.807) is 12.1 Å². The zero-order chi connectivity index (χ0) is 18.0. The Hall–Kier alpha value is -0.440. The Balaban J connectivity index is 1.52. The third-order valence-electron chi connectivity index (χ3n) is 5.33. The number of nitrogens with zero attached hydrogens (tertiary/aromatic N) is 1. The SMILES string of the molecule is CC1CCC(NC(=O)C2CCN(S(=O)(=O)c3ccc(Br)s3)CC2)CC1. The molecule has 5 nitrogen and oxygen atoms in total. The van der Waals surface area contributed by atoms with Crippen LogP contribution in [0, 0.1) is 11.8 Å². The van der Waals surface area contributed by atoms with Crippen LogP contribution in [0.15, 0.2) is 20.1 Å². The molecule has 1 saturated heterocycles. The number of piperidine rings is 1. The summed E-state index contributed by atoms with van der Waals surface area (Å²) in [5.41, 5.74) is 0. The topological polar surface area (TPSA) is 66.5 Å². The molecular formula is C17H25BrN2O3S2. The van der Waals surface area contributed by atoms with Crippen molar-refractivity contribution in [1.29, 1.82) is 0 Å². The second-order valence-electron chi connectivity index (χ2n) is 7.20. The van der Waals surface area contributed by atoms with E-state index in [0.717, 1.165) is 22.5 Å². The zero-order valence-corrected chi connectivity index (χ0v) is 17.6. The van der Waals surface area contributed by atoms with Crippen LogP contribution < -0.4 is 5.32 Å². The van der Waals surface area contributed by atoms with Crippen molar-refractivity contribution >= 4 is 43.2 Å². The van der Waals surface area contributed by atoms with Crippen molar-refractivity contribution in [3.05, 3.63) is 15.9 Å². The standard InChI is InChI=1S/C17H25BrN2O3S2/c1-12-2-4-14(5-3-12)19-17(21)13-8-10-20(11-9-13)25(22,23)16-7-6-15(18)24-16/h6-7,12-14H,2-5,8-11H2,1H3,(H,19,21). The lowest BCUT2D eigenvalue weighted by Crippen LogP contribution is -2.45. The molecule has 1 aromatic rings. The number of amides is 1. The molecule has 8 heteroatoms. The molecule has 1 N–H and O–H groups in total. The lowest BCUT2D eigenvalue weighted by molar-refractivity contribution is -0.127. The molecule has 25 heavy (non-hydrogen) atoms. The fraction of sp³-hybridized carbons (Fsp3) is 0.706. The van der Waals surface area contributed by atoms with E-state index in [1.165, 1.54) is 28.5 Å². The van der Waals surface area contributed by atoms with Crippen molar-refractivity contribution in [1.82, 2.24) is 9.62 Å². The highest BCUT2D eigenvalue weighted by Gasteiger charge is 2.33. The van der Waals surface area contributed by atoms with Gasteiger partial charge in [0.2, 0.25) is 5.91 Å². The molecule has 0 radical (unpaired) electrons. The highest BCUT2D eigenvalue weighted by molar-refractivity contribution is 9.11. The largest absolute Gasteiger partial charge is 0.353 e. The Labute approximate surface area is 162 Å². The summed E-state index contributed by atoms with van der Waals surface area (Å²) in [6, 6.07) is 3.68. The molecule has 1 aliphatic carbocycles. The van der Waals surface area contributed by atoms with E-state index in [0.29, 0.717) is 36.2 Å². The van der Waals surface area contributed by atoms with Crippen LogP contribution in [-0.4, -0.2) is 37.8 Å². The van der Waals surface area contributed by atoms with Crippen LogP contribution in [0.3, 0.4) is 0 Å². The van der Waals surface area contributed by atoms with E-state index in [1.807, 2.05) is 0 Å². The molecule has 2 fully saturated rings. The van der Waals surface area contributed by atoms with Gasteiger partial charge in [0, 0.05) is 25.0 Å². The minimum atomic E-state index is -3.43. The minimum Gasteiger partial charge on any atom is -0.353 e. The van der Waals surface area contributed by atoms with Crippen LogP contribution >= 0.6 is 27.3 Å². The first-order chi connectivity index (χ1) is 11.9. The lowest BCUT2D eigenvalue weighted by Gasteiger charge is -2.32. The summed E-state index contributed by atoms with van der Waals surface area (Å²) < 4.78 is 28.0. The van der Waals surface area contributed by atoms with E-state index in [9.17, 15) is 13.2 Å². The summed E-state index contributed by atoms with van der Waals surface area (Å²) in [5, 5.41) is 3.19. The molecule has 0 spiro atoms. The van der Waals surface area contributed by atoms with Crippen LogP contribution in [0.25, 0.3) is 0 Å². The molecule has 0 bridgehead atoms. The number of hydrogen-bond acceptors (Lipinski definition) is 4. The molecule has 1 aromatic heterocycles. The van der Waals surface area contributed by atoms with Gasteiger partial charge in [0.15, 0.2) is 0 Å². The van der Waals surface area contributed by atoms with Crippen molar-refractivity contribution in [2.24, 2.45) is 11.8 Å². The Morgan fingerprint density at radius 2 is 1.80 bits per heavy atom. The maximum Gasteiger partial charge on any atom is 0.252 e. The molecule has 0 aromatic carbocycles. The number of halogens is 1. The Morgan fingerprint density at radius 1 is 1.16 bits per heavy atom. The Kier molecular flexibility index (Phi) is 6.23. The summed E-state index contributed by atoms with van der Waals surface area (Å²) in [6.07, 6.45) is 5.68. The molecule has 0 atom stereocenters. The van der Waals surface area contributed by atoms with Gasteiger partial charge in [0.25, 0.3) is 10.0 Å². The maximum atomic E-state index is 12.6. The normalized spacial score (nSPS) is 26.5. The van der Waals surface area contributed by atoms with E-state index in [4.69, 9.17) is 0 Å². The predicted octanol–water partition coefficient (Wildman–Crippen LogP) is 3.61. The quantitative estimate of drug-likeness (QED) is 0.764. The molecule has 2 heterocycles. The van der Waals surface area contributed by atoms with Crippen LogP contribution in [0.2, 0.25) is 0 Å². The molecule has 1 saturated carbocycles. The van der Waals surface area contributed by atoms with Gasteiger partial charge in [0.05, 0.1) is 3.79 Å². The number of carbonyl (C=O) groups is 1. The van der Waals surface area contributed by atoms with Crippen LogP contribution in [0.5, 0.6) is 0 Å². The zero-order valence-electron chi connectivity index (χ0n) is 14.4. The summed E-state index contributed by atoms with van der Waals surface area (Å²) in [7, 11) is -3.43. The van der Waals surface area contributed by atoms with Crippen LogP contribution in [-0.2, 0) is 14.8 Å². The number of sulfonamides is 1. The van der Waals surface area contributed by atoms with E-state index in [-0.39, 0.29) is 11.8 Å². The first-order valence-electron chi connectivity index (χ1n) is 8.92. The van der Waals surface area contributed by atoms with Crippen molar-refractivity contribution < 1.29 is 13.2 Å². The minimum absolute atomic E-state index is 0.0686. The van der Waals surface area contributed by atoms with Crippen molar-refractivity contribution in [3.63, 3.8) is 0 Å². The lowest BCUT2D eigenvalue weighted by atomic mass is 9.87. The molecule has 0 unspecified atom stereocenters. The first-order valence-corrected chi connectivity index (χ1v) is 12.0. The van der Waals surface area contributed by atoms with Crippen molar-refractivity contribution in [2.45, 2.75) is 55.7 Å². The number of carbonyl (C=O) groups excluding carboxylic acids is 1. The fourth-order valence-electron chi connectivity index (χ4n) is 3.65. The molecule has 2 aliphatic rings. The van der Waals surface area contributed by atoms with Gasteiger partial charge in [-0.1, -0.05) is 6.92 Å². The second-order valence-corrected chi connectivity index (χ2v) is 11.8. The second kappa shape index (κ2) is 8.06. The fourth-order valence-corrected chi connectivity index (χ4v) is 7.28. The summed E-state index contributed by atoms with van der Waals surface area (Å²) in [5.74, 6) is 0.801. The van der Waals surface area contributed by atoms with Gasteiger partial charge in [0.1, 0.15) is 4.21 Å². The number of nitrogens with one attached hydrogen (secondary N) is 1. The Morgan fingerprint density at radius 3 is 2.36 bits per heavy atom. The van der Waals surface area contributed by atoms with Gasteiger partial charge < -0.3 is 5.32 Å². The molecule has 3 rings (SSSR count). The van der Waals surface area contributed by atoms with Crippen LogP contribution in [0.1, 0.15) is 45.4 Å². The highest BCUT2D eigenvalue weighted by Crippen LogP contribution is 2.31. The Bertz CT molecular complexity index is 703. The third kappa shape index (κ3) is 4.64. The summed E-state index contributed by atoms with van der Waals surface area (Å²) in [4.78, 5) is 12.5. The number of rotatable bonds is 4. The van der Waals surface area contributed by atoms with Gasteiger partial charge in [-0.25, -0.2) is 8.42 Å². The van der Waals surface area contributed by atoms with Crippen LogP contribution in [0.4, 0.5) is 0 Å². The van der Waals surface area contributed by atoms with Crippen molar-refractivity contribution in [2.75, 3.05) is 13.1 Å². The van der Waals surface area contributed by atoms with E-state index >= 15 is 0 Å². The number of thiophene rings is 1. The summed E-state index contributed by atoms with van der Waals surface area (Å²) >= 11 is 4.54. The smallest absolute Gasteiger partial charge is 0.252 e. The van der Waals surface area contributed by atoms with E-state index < -0.39 is 10.0 Å². The van der Waals surface area contributed by atoms with Gasteiger partial charge in [-0.05, 0) is 72.5 Å². The third-order valence-corrected chi connectivity index (χ3v) is 9.32. The summed E-state index contributed by atoms with van der Waals surface area (Å²) in [6.45, 7) is 3.09. The van der Waals surface area contributed by atoms with Gasteiger partial charge in [-0.15, -0.1) is 11.3 Å². The first kappa shape index (κ1) is 19.3. The highest BCUT2D eigenvalue weighted by atomic mass is 79.9. The van der Waals surface area contributed by atoms with Crippen molar-refractivity contribution in [3.8, 4) is 0 Å². The average molecular weight is 449 g/mol. The molecule has 1 aliphatic heterocycles.